The van der Waals surface area contributed by atoms with Gasteiger partial charge in [-0.2, -0.15) is 11.8 Å². The van der Waals surface area contributed by atoms with Crippen molar-refractivity contribution in [3.63, 3.8) is 0 Å². The Labute approximate surface area is 186 Å². The zero-order valence-corrected chi connectivity index (χ0v) is 18.4. The third-order valence-electron chi connectivity index (χ3n) is 4.73. The fourth-order valence-corrected chi connectivity index (χ4v) is 3.44. The number of aryl methyl sites for hydroxylation is 1. The van der Waals surface area contributed by atoms with Crippen LogP contribution in [0.2, 0.25) is 0 Å². The number of amides is 2. The minimum Gasteiger partial charge on any atom is -0.489 e. The van der Waals surface area contributed by atoms with Gasteiger partial charge in [0.1, 0.15) is 18.4 Å². The molecule has 0 aliphatic heterocycles. The number of nitrogens with one attached hydrogen (secondary N) is 2. The zero-order valence-electron chi connectivity index (χ0n) is 17.6. The third kappa shape index (κ3) is 6.65. The van der Waals surface area contributed by atoms with Gasteiger partial charge in [0.15, 0.2) is 5.76 Å². The molecule has 162 valence electrons. The fraction of sp³-hybridized carbons (Fsp3) is 0.250. The topological polar surface area (TPSA) is 80.6 Å². The highest BCUT2D eigenvalue weighted by atomic mass is 32.2. The van der Waals surface area contributed by atoms with E-state index in [1.807, 2.05) is 49.6 Å². The molecule has 0 radical (unpaired) electrons. The number of hydrogen-bond donors (Lipinski definition) is 2. The molecule has 7 heteroatoms. The first kappa shape index (κ1) is 22.5. The van der Waals surface area contributed by atoms with Crippen molar-refractivity contribution in [2.45, 2.75) is 26.0 Å². The van der Waals surface area contributed by atoms with Gasteiger partial charge in [0, 0.05) is 11.8 Å². The molecule has 0 aliphatic carbocycles. The average Bonchev–Trinajstić information content (AvgIpc) is 3.31. The summed E-state index contributed by atoms with van der Waals surface area (Å²) < 4.78 is 11.0. The van der Waals surface area contributed by atoms with Gasteiger partial charge < -0.3 is 19.8 Å². The molecule has 1 heterocycles. The van der Waals surface area contributed by atoms with Crippen molar-refractivity contribution >= 4 is 29.3 Å². The van der Waals surface area contributed by atoms with Gasteiger partial charge >= 0.3 is 0 Å². The van der Waals surface area contributed by atoms with Crippen molar-refractivity contribution in [1.29, 1.82) is 0 Å². The minimum atomic E-state index is -0.679. The van der Waals surface area contributed by atoms with Gasteiger partial charge in [0.05, 0.1) is 6.26 Å². The molecule has 31 heavy (non-hydrogen) atoms. The Kier molecular flexibility index (Phi) is 8.18. The summed E-state index contributed by atoms with van der Waals surface area (Å²) in [5.74, 6) is 0.859. The largest absolute Gasteiger partial charge is 0.489 e. The summed E-state index contributed by atoms with van der Waals surface area (Å²) in [6.45, 7) is 2.49. The van der Waals surface area contributed by atoms with Crippen molar-refractivity contribution < 1.29 is 18.7 Å². The summed E-state index contributed by atoms with van der Waals surface area (Å²) in [7, 11) is 0. The number of carbonyl (C=O) groups excluding carboxylic acids is 2. The SMILES string of the molecule is CSCCC(NC(=O)c1ccco1)C(=O)Nc1cccc(OCc2ccccc2C)c1. The molecule has 0 spiro atoms. The maximum absolute atomic E-state index is 12.9. The van der Waals surface area contributed by atoms with Crippen molar-refractivity contribution in [1.82, 2.24) is 5.32 Å². The van der Waals surface area contributed by atoms with Gasteiger partial charge in [-0.1, -0.05) is 30.3 Å². The van der Waals surface area contributed by atoms with Crippen LogP contribution >= 0.6 is 11.8 Å². The summed E-state index contributed by atoms with van der Waals surface area (Å²) in [5.41, 5.74) is 2.87. The molecule has 0 bridgehead atoms. The molecule has 2 aromatic carbocycles. The summed E-state index contributed by atoms with van der Waals surface area (Å²) in [6, 6.07) is 17.8. The molecule has 1 unspecified atom stereocenters. The molecule has 2 amide bonds. The van der Waals surface area contributed by atoms with Gasteiger partial charge in [0.2, 0.25) is 5.91 Å². The van der Waals surface area contributed by atoms with Crippen LogP contribution in [-0.4, -0.2) is 29.9 Å². The van der Waals surface area contributed by atoms with Gasteiger partial charge in [-0.05, 0) is 60.7 Å². The van der Waals surface area contributed by atoms with E-state index in [1.165, 1.54) is 6.26 Å². The highest BCUT2D eigenvalue weighted by Gasteiger charge is 2.22. The Morgan fingerprint density at radius 2 is 1.94 bits per heavy atom. The Bertz CT molecular complexity index is 1000. The molecule has 0 aliphatic rings. The van der Waals surface area contributed by atoms with E-state index in [2.05, 4.69) is 10.6 Å². The first-order valence-corrected chi connectivity index (χ1v) is 11.4. The molecule has 1 atom stereocenters. The first-order chi connectivity index (χ1) is 15.1. The highest BCUT2D eigenvalue weighted by Crippen LogP contribution is 2.20. The summed E-state index contributed by atoms with van der Waals surface area (Å²) >= 11 is 1.61. The molecule has 0 saturated carbocycles. The number of carbonyl (C=O) groups is 2. The molecular weight excluding hydrogens is 412 g/mol. The lowest BCUT2D eigenvalue weighted by Gasteiger charge is -2.18. The van der Waals surface area contributed by atoms with E-state index < -0.39 is 11.9 Å². The van der Waals surface area contributed by atoms with Crippen LogP contribution in [0, 0.1) is 6.92 Å². The number of furan rings is 1. The monoisotopic (exact) mass is 438 g/mol. The van der Waals surface area contributed by atoms with E-state index >= 15 is 0 Å². The van der Waals surface area contributed by atoms with Gasteiger partial charge in [-0.3, -0.25) is 9.59 Å². The standard InChI is InChI=1S/C24H26N2O4S/c1-17-7-3-4-8-18(17)16-30-20-10-5-9-19(15-20)25-23(27)21(12-14-31-2)26-24(28)22-11-6-13-29-22/h3-11,13,15,21H,12,14,16H2,1-2H3,(H,25,27)(H,26,28). The van der Waals surface area contributed by atoms with Crippen LogP contribution in [0.25, 0.3) is 0 Å². The second kappa shape index (κ2) is 11.3. The molecule has 0 fully saturated rings. The normalized spacial score (nSPS) is 11.5. The Morgan fingerprint density at radius 3 is 2.68 bits per heavy atom. The van der Waals surface area contributed by atoms with Gasteiger partial charge in [-0.15, -0.1) is 0 Å². The van der Waals surface area contributed by atoms with Gasteiger partial charge in [0.25, 0.3) is 5.91 Å². The van der Waals surface area contributed by atoms with E-state index in [0.717, 1.165) is 16.9 Å². The van der Waals surface area contributed by atoms with Crippen LogP contribution in [0.4, 0.5) is 5.69 Å². The first-order valence-electron chi connectivity index (χ1n) is 9.98. The molecule has 3 aromatic rings. The fourth-order valence-electron chi connectivity index (χ4n) is 2.97. The van der Waals surface area contributed by atoms with Crippen LogP contribution in [0.1, 0.15) is 28.1 Å². The number of thioether (sulfide) groups is 1. The van der Waals surface area contributed by atoms with E-state index in [0.29, 0.717) is 24.5 Å². The second-order valence-corrected chi connectivity index (χ2v) is 8.00. The van der Waals surface area contributed by atoms with Crippen LogP contribution < -0.4 is 15.4 Å². The van der Waals surface area contributed by atoms with Crippen LogP contribution in [0.3, 0.4) is 0 Å². The smallest absolute Gasteiger partial charge is 0.287 e. The predicted molar refractivity (Wildman–Crippen MR) is 124 cm³/mol. The quantitative estimate of drug-likeness (QED) is 0.481. The van der Waals surface area contributed by atoms with Gasteiger partial charge in [-0.25, -0.2) is 0 Å². The van der Waals surface area contributed by atoms with E-state index in [9.17, 15) is 9.59 Å². The van der Waals surface area contributed by atoms with Crippen LogP contribution in [0.15, 0.2) is 71.3 Å². The van der Waals surface area contributed by atoms with Crippen LogP contribution in [0.5, 0.6) is 5.75 Å². The van der Waals surface area contributed by atoms with E-state index in [-0.39, 0.29) is 11.7 Å². The molecule has 3 rings (SSSR count). The zero-order chi connectivity index (χ0) is 22.1. The van der Waals surface area contributed by atoms with Crippen LogP contribution in [-0.2, 0) is 11.4 Å². The maximum atomic E-state index is 12.9. The summed E-state index contributed by atoms with van der Waals surface area (Å²) in [4.78, 5) is 25.2. The van der Waals surface area contributed by atoms with Crippen molar-refractivity contribution in [2.24, 2.45) is 0 Å². The number of anilines is 1. The lowest BCUT2D eigenvalue weighted by atomic mass is 10.1. The Morgan fingerprint density at radius 1 is 1.10 bits per heavy atom. The lowest BCUT2D eigenvalue weighted by molar-refractivity contribution is -0.118. The highest BCUT2D eigenvalue weighted by molar-refractivity contribution is 7.98. The molecule has 0 saturated heterocycles. The number of benzene rings is 2. The van der Waals surface area contributed by atoms with Crippen molar-refractivity contribution in [3.05, 3.63) is 83.8 Å². The van der Waals surface area contributed by atoms with E-state index in [4.69, 9.17) is 9.15 Å². The average molecular weight is 439 g/mol. The minimum absolute atomic E-state index is 0.175. The Hall–Kier alpha value is -3.19. The molecule has 1 aromatic heterocycles. The Balaban J connectivity index is 1.63. The maximum Gasteiger partial charge on any atom is 0.287 e. The second-order valence-electron chi connectivity index (χ2n) is 7.02. The third-order valence-corrected chi connectivity index (χ3v) is 5.38. The lowest BCUT2D eigenvalue weighted by Crippen LogP contribution is -2.44. The van der Waals surface area contributed by atoms with Crippen molar-refractivity contribution in [2.75, 3.05) is 17.3 Å². The molecule has 2 N–H and O–H groups in total. The number of rotatable bonds is 10. The number of hydrogen-bond acceptors (Lipinski definition) is 5. The predicted octanol–water partition coefficient (Wildman–Crippen LogP) is 4.66. The van der Waals surface area contributed by atoms with Crippen molar-refractivity contribution in [3.8, 4) is 5.75 Å². The number of ether oxygens (including phenoxy) is 1. The molecule has 6 nitrogen and oxygen atoms in total. The summed E-state index contributed by atoms with van der Waals surface area (Å²) in [5, 5.41) is 5.63. The molecular formula is C24H26N2O4S. The van der Waals surface area contributed by atoms with E-state index in [1.54, 1.807) is 36.0 Å². The summed E-state index contributed by atoms with van der Waals surface area (Å²) in [6.07, 6.45) is 3.88.